The zero-order valence-electron chi connectivity index (χ0n) is 18.2. The summed E-state index contributed by atoms with van der Waals surface area (Å²) in [5.41, 5.74) is 0.930. The minimum absolute atomic E-state index is 0.0769. The first-order chi connectivity index (χ1) is 15.0. The van der Waals surface area contributed by atoms with Crippen LogP contribution in [0.1, 0.15) is 44.7 Å². The summed E-state index contributed by atoms with van der Waals surface area (Å²) < 4.78 is 48.7. The van der Waals surface area contributed by atoms with Gasteiger partial charge in [-0.2, -0.15) is 8.78 Å². The van der Waals surface area contributed by atoms with E-state index in [0.29, 0.717) is 16.6 Å². The molecule has 0 radical (unpaired) electrons. The van der Waals surface area contributed by atoms with Gasteiger partial charge in [0, 0.05) is 11.4 Å². The fraction of sp³-hybridized carbons (Fsp3) is 0.500. The SMILES string of the molecule is Cc1cc(-c2nnc(N[C@H]3C[C@](O)(CF)C3)o2)nc2c(C(C)(C)C)cc(OC(F)F)cc12. The maximum atomic E-state index is 12.8. The van der Waals surface area contributed by atoms with Gasteiger partial charge in [-0.3, -0.25) is 0 Å². The highest BCUT2D eigenvalue weighted by Crippen LogP contribution is 2.37. The maximum Gasteiger partial charge on any atom is 0.387 e. The van der Waals surface area contributed by atoms with E-state index in [2.05, 4.69) is 20.3 Å². The molecule has 0 spiro atoms. The van der Waals surface area contributed by atoms with Gasteiger partial charge in [-0.15, -0.1) is 5.10 Å². The molecule has 2 heterocycles. The van der Waals surface area contributed by atoms with Crippen molar-refractivity contribution >= 4 is 16.9 Å². The number of nitrogens with one attached hydrogen (secondary N) is 1. The van der Waals surface area contributed by atoms with Crippen LogP contribution in [0.25, 0.3) is 22.5 Å². The van der Waals surface area contributed by atoms with Crippen molar-refractivity contribution in [3.05, 3.63) is 29.3 Å². The Hall–Kier alpha value is -2.88. The molecule has 32 heavy (non-hydrogen) atoms. The van der Waals surface area contributed by atoms with Gasteiger partial charge in [0.1, 0.15) is 18.1 Å². The largest absolute Gasteiger partial charge is 0.435 e. The summed E-state index contributed by atoms with van der Waals surface area (Å²) in [6.45, 7) is 4.01. The molecule has 3 aromatic rings. The quantitative estimate of drug-likeness (QED) is 0.559. The van der Waals surface area contributed by atoms with Crippen molar-refractivity contribution in [3.63, 3.8) is 0 Å². The van der Waals surface area contributed by atoms with Gasteiger partial charge in [0.25, 0.3) is 5.89 Å². The molecule has 2 aromatic heterocycles. The van der Waals surface area contributed by atoms with Crippen molar-refractivity contribution < 1.29 is 27.4 Å². The number of ether oxygens (including phenoxy) is 1. The number of rotatable bonds is 6. The summed E-state index contributed by atoms with van der Waals surface area (Å²) in [5, 5.41) is 21.5. The lowest BCUT2D eigenvalue weighted by Crippen LogP contribution is -2.52. The van der Waals surface area contributed by atoms with Crippen molar-refractivity contribution in [2.24, 2.45) is 0 Å². The number of aliphatic hydroxyl groups is 1. The molecule has 0 aliphatic heterocycles. The zero-order chi connectivity index (χ0) is 23.3. The Morgan fingerprint density at radius 3 is 2.59 bits per heavy atom. The number of fused-ring (bicyclic) bond motifs is 1. The molecule has 10 heteroatoms. The lowest BCUT2D eigenvalue weighted by atomic mass is 9.77. The number of pyridine rings is 1. The molecule has 2 N–H and O–H groups in total. The van der Waals surface area contributed by atoms with Crippen molar-refractivity contribution in [2.45, 2.75) is 64.2 Å². The van der Waals surface area contributed by atoms with E-state index >= 15 is 0 Å². The van der Waals surface area contributed by atoms with Crippen molar-refractivity contribution in [1.29, 1.82) is 0 Å². The van der Waals surface area contributed by atoms with E-state index in [1.807, 2.05) is 27.7 Å². The first kappa shape index (κ1) is 22.3. The van der Waals surface area contributed by atoms with Gasteiger partial charge in [-0.25, -0.2) is 9.37 Å². The van der Waals surface area contributed by atoms with E-state index in [1.165, 1.54) is 0 Å². The molecule has 0 saturated heterocycles. The summed E-state index contributed by atoms with van der Waals surface area (Å²) in [6, 6.07) is 4.86. The Morgan fingerprint density at radius 2 is 1.97 bits per heavy atom. The van der Waals surface area contributed by atoms with Crippen molar-refractivity contribution in [2.75, 3.05) is 12.0 Å². The van der Waals surface area contributed by atoms with Crippen LogP contribution in [0.5, 0.6) is 5.75 Å². The lowest BCUT2D eigenvalue weighted by Gasteiger charge is -2.41. The van der Waals surface area contributed by atoms with Gasteiger partial charge in [0.2, 0.25) is 0 Å². The van der Waals surface area contributed by atoms with E-state index in [1.54, 1.807) is 18.2 Å². The van der Waals surface area contributed by atoms with E-state index < -0.39 is 24.3 Å². The first-order valence-electron chi connectivity index (χ1n) is 10.3. The second-order valence-electron chi connectivity index (χ2n) is 9.34. The summed E-state index contributed by atoms with van der Waals surface area (Å²) in [6.07, 6.45) is 0.513. The average molecular weight is 450 g/mol. The molecule has 1 aromatic carbocycles. The van der Waals surface area contributed by atoms with Crippen LogP contribution in [0, 0.1) is 6.92 Å². The molecule has 0 unspecified atom stereocenters. The monoisotopic (exact) mass is 450 g/mol. The lowest BCUT2D eigenvalue weighted by molar-refractivity contribution is -0.0592. The molecule has 1 saturated carbocycles. The predicted molar refractivity (Wildman–Crippen MR) is 113 cm³/mol. The molecule has 172 valence electrons. The highest BCUT2D eigenvalue weighted by molar-refractivity contribution is 5.89. The number of halogens is 3. The van der Waals surface area contributed by atoms with Gasteiger partial charge < -0.3 is 19.6 Å². The molecule has 1 aliphatic carbocycles. The molecule has 7 nitrogen and oxygen atoms in total. The Kier molecular flexibility index (Phi) is 5.52. The Bertz CT molecular complexity index is 1140. The van der Waals surface area contributed by atoms with Crippen LogP contribution in [-0.2, 0) is 5.41 Å². The summed E-state index contributed by atoms with van der Waals surface area (Å²) in [5.74, 6) is 0.262. The van der Waals surface area contributed by atoms with Crippen LogP contribution >= 0.6 is 0 Å². The third-order valence-electron chi connectivity index (χ3n) is 5.60. The Labute approximate surface area is 183 Å². The van der Waals surface area contributed by atoms with E-state index in [0.717, 1.165) is 11.1 Å². The van der Waals surface area contributed by atoms with Crippen LogP contribution in [0.4, 0.5) is 19.2 Å². The minimum Gasteiger partial charge on any atom is -0.435 e. The highest BCUT2D eigenvalue weighted by Gasteiger charge is 2.43. The van der Waals surface area contributed by atoms with Crippen LogP contribution in [0.2, 0.25) is 0 Å². The fourth-order valence-electron chi connectivity index (χ4n) is 3.95. The minimum atomic E-state index is -2.92. The molecule has 0 amide bonds. The number of hydrogen-bond donors (Lipinski definition) is 2. The van der Waals surface area contributed by atoms with Crippen molar-refractivity contribution in [1.82, 2.24) is 15.2 Å². The zero-order valence-corrected chi connectivity index (χ0v) is 18.2. The van der Waals surface area contributed by atoms with E-state index in [-0.39, 0.29) is 36.5 Å². The third kappa shape index (κ3) is 4.36. The van der Waals surface area contributed by atoms with Crippen molar-refractivity contribution in [3.8, 4) is 17.3 Å². The molecule has 1 fully saturated rings. The van der Waals surface area contributed by atoms with E-state index in [9.17, 15) is 18.3 Å². The molecular formula is C22H25F3N4O3. The fourth-order valence-corrected chi connectivity index (χ4v) is 3.95. The highest BCUT2D eigenvalue weighted by atomic mass is 19.3. The van der Waals surface area contributed by atoms with Crippen LogP contribution < -0.4 is 10.1 Å². The molecule has 4 rings (SSSR count). The number of benzene rings is 1. The van der Waals surface area contributed by atoms with Gasteiger partial charge in [0.05, 0.1) is 11.1 Å². The summed E-state index contributed by atoms with van der Waals surface area (Å²) in [7, 11) is 0. The second kappa shape index (κ2) is 7.91. The second-order valence-corrected chi connectivity index (χ2v) is 9.34. The molecular weight excluding hydrogens is 425 g/mol. The first-order valence-corrected chi connectivity index (χ1v) is 10.3. The molecule has 0 bridgehead atoms. The van der Waals surface area contributed by atoms with E-state index in [4.69, 9.17) is 9.40 Å². The third-order valence-corrected chi connectivity index (χ3v) is 5.60. The number of alkyl halides is 3. The topological polar surface area (TPSA) is 93.3 Å². The smallest absolute Gasteiger partial charge is 0.387 e. The van der Waals surface area contributed by atoms with Gasteiger partial charge in [-0.1, -0.05) is 25.9 Å². The predicted octanol–water partition coefficient (Wildman–Crippen LogP) is 4.77. The van der Waals surface area contributed by atoms with Gasteiger partial charge in [0.15, 0.2) is 0 Å². The Balaban J connectivity index is 1.68. The molecule has 0 atom stereocenters. The van der Waals surface area contributed by atoms with Gasteiger partial charge in [-0.05, 0) is 54.5 Å². The maximum absolute atomic E-state index is 12.8. The number of aryl methyl sites for hydroxylation is 1. The van der Waals surface area contributed by atoms with Crippen LogP contribution in [-0.4, -0.2) is 45.2 Å². The van der Waals surface area contributed by atoms with Crippen LogP contribution in [0.3, 0.4) is 0 Å². The average Bonchev–Trinajstić information content (AvgIpc) is 3.14. The summed E-state index contributed by atoms with van der Waals surface area (Å²) >= 11 is 0. The standard InChI is InChI=1S/C22H25F3N4O3/c1-11-5-16(18-28-29-20(32-18)26-12-8-22(30,9-12)10-23)27-17-14(11)6-13(31-19(24)25)7-15(17)21(2,3)4/h5-7,12,19,30H,8-10H2,1-4H3,(H,26,29)/t12-,22+. The normalized spacial score (nSPS) is 21.1. The number of aromatic nitrogens is 3. The number of hydrogen-bond acceptors (Lipinski definition) is 7. The number of anilines is 1. The Morgan fingerprint density at radius 1 is 1.25 bits per heavy atom. The molecule has 1 aliphatic rings. The summed E-state index contributed by atoms with van der Waals surface area (Å²) in [4.78, 5) is 4.70. The number of nitrogens with zero attached hydrogens (tertiary/aromatic N) is 3. The van der Waals surface area contributed by atoms with Gasteiger partial charge >= 0.3 is 12.6 Å². The van der Waals surface area contributed by atoms with Crippen LogP contribution in [0.15, 0.2) is 22.6 Å².